The van der Waals surface area contributed by atoms with Gasteiger partial charge in [0.15, 0.2) is 0 Å². The summed E-state index contributed by atoms with van der Waals surface area (Å²) >= 11 is 0. The smallest absolute Gasteiger partial charge is 0.264 e. The zero-order chi connectivity index (χ0) is 15.2. The van der Waals surface area contributed by atoms with E-state index in [0.717, 1.165) is 0 Å². The summed E-state index contributed by atoms with van der Waals surface area (Å²) in [6, 6.07) is 8.49. The predicted octanol–water partition coefficient (Wildman–Crippen LogP) is 2.36. The molecule has 0 fully saturated rings. The summed E-state index contributed by atoms with van der Waals surface area (Å²) in [5, 5.41) is 2.69. The second-order valence-electron chi connectivity index (χ2n) is 4.08. The average molecular weight is 288 g/mol. The first-order valence-electron chi connectivity index (χ1n) is 6.22. The maximum absolute atomic E-state index is 12.4. The maximum Gasteiger partial charge on any atom is 0.264 e. The Labute approximate surface area is 122 Å². The first kappa shape index (κ1) is 14.6. The molecule has 1 aromatic heterocycles. The summed E-state index contributed by atoms with van der Waals surface area (Å²) in [6.45, 7) is 0. The number of anilines is 1. The monoisotopic (exact) mass is 288 g/mol. The maximum atomic E-state index is 12.4. The van der Waals surface area contributed by atoms with Crippen LogP contribution in [0.3, 0.4) is 0 Å². The Hall–Kier alpha value is -2.76. The summed E-state index contributed by atoms with van der Waals surface area (Å²) in [6.07, 6.45) is 1.60. The van der Waals surface area contributed by atoms with Gasteiger partial charge in [-0.1, -0.05) is 6.07 Å². The molecule has 1 amide bonds. The van der Waals surface area contributed by atoms with E-state index < -0.39 is 0 Å². The van der Waals surface area contributed by atoms with Crippen molar-refractivity contribution in [3.8, 4) is 17.2 Å². The van der Waals surface area contributed by atoms with E-state index in [9.17, 15) is 4.79 Å². The molecule has 0 radical (unpaired) electrons. The molecule has 0 bridgehead atoms. The highest BCUT2D eigenvalue weighted by Gasteiger charge is 2.20. The molecule has 6 heteroatoms. The lowest BCUT2D eigenvalue weighted by atomic mass is 10.1. The lowest BCUT2D eigenvalue weighted by Crippen LogP contribution is -2.15. The van der Waals surface area contributed by atoms with E-state index >= 15 is 0 Å². The number of rotatable bonds is 5. The zero-order valence-electron chi connectivity index (χ0n) is 12.0. The van der Waals surface area contributed by atoms with Gasteiger partial charge in [0.05, 0.1) is 21.3 Å². The van der Waals surface area contributed by atoms with Crippen LogP contribution in [0.5, 0.6) is 17.2 Å². The Morgan fingerprint density at radius 1 is 1.05 bits per heavy atom. The molecule has 0 saturated carbocycles. The minimum Gasteiger partial charge on any atom is -0.496 e. The number of ether oxygens (including phenoxy) is 3. The van der Waals surface area contributed by atoms with E-state index in [4.69, 9.17) is 14.2 Å². The van der Waals surface area contributed by atoms with Gasteiger partial charge in [-0.2, -0.15) is 0 Å². The fraction of sp³-hybridized carbons (Fsp3) is 0.200. The topological polar surface area (TPSA) is 69.7 Å². The van der Waals surface area contributed by atoms with E-state index in [1.165, 1.54) is 21.3 Å². The Morgan fingerprint density at radius 2 is 1.71 bits per heavy atom. The normalized spacial score (nSPS) is 9.86. The molecular weight excluding hydrogens is 272 g/mol. The predicted molar refractivity (Wildman–Crippen MR) is 78.3 cm³/mol. The second-order valence-corrected chi connectivity index (χ2v) is 4.08. The average Bonchev–Trinajstić information content (AvgIpc) is 2.54. The van der Waals surface area contributed by atoms with Crippen molar-refractivity contribution in [1.82, 2.24) is 4.98 Å². The first-order chi connectivity index (χ1) is 10.2. The molecule has 21 heavy (non-hydrogen) atoms. The molecule has 0 atom stereocenters. The van der Waals surface area contributed by atoms with E-state index in [-0.39, 0.29) is 11.5 Å². The first-order valence-corrected chi connectivity index (χ1v) is 6.22. The minimum absolute atomic E-state index is 0.284. The number of aromatic nitrogens is 1. The standard InChI is InChI=1S/C15H16N2O4/c1-19-10-8-11(20-2)14(12(9-10)21-3)15(18)17-13-6-4-5-7-16-13/h4-9H,1-3H3,(H,16,17,18). The van der Waals surface area contributed by atoms with Crippen LogP contribution in [0.1, 0.15) is 10.4 Å². The van der Waals surface area contributed by atoms with Crippen LogP contribution < -0.4 is 19.5 Å². The van der Waals surface area contributed by atoms with Crippen LogP contribution in [-0.4, -0.2) is 32.2 Å². The number of carbonyl (C=O) groups is 1. The number of nitrogens with one attached hydrogen (secondary N) is 1. The molecule has 1 heterocycles. The number of methoxy groups -OCH3 is 3. The third-order valence-electron chi connectivity index (χ3n) is 2.85. The van der Waals surface area contributed by atoms with Crippen LogP contribution >= 0.6 is 0 Å². The molecule has 0 saturated heterocycles. The quantitative estimate of drug-likeness (QED) is 0.914. The van der Waals surface area contributed by atoms with Crippen LogP contribution in [0.25, 0.3) is 0 Å². The Bertz CT molecular complexity index is 604. The Balaban J connectivity index is 2.39. The van der Waals surface area contributed by atoms with Gasteiger partial charge in [-0.25, -0.2) is 4.98 Å². The highest BCUT2D eigenvalue weighted by molar-refractivity contribution is 6.08. The highest BCUT2D eigenvalue weighted by atomic mass is 16.5. The Morgan fingerprint density at radius 3 is 2.19 bits per heavy atom. The van der Waals surface area contributed by atoms with Crippen molar-refractivity contribution in [3.63, 3.8) is 0 Å². The zero-order valence-corrected chi connectivity index (χ0v) is 12.0. The van der Waals surface area contributed by atoms with Crippen molar-refractivity contribution >= 4 is 11.7 Å². The van der Waals surface area contributed by atoms with Crippen molar-refractivity contribution in [1.29, 1.82) is 0 Å². The molecule has 0 aliphatic heterocycles. The van der Waals surface area contributed by atoms with Crippen LogP contribution in [-0.2, 0) is 0 Å². The fourth-order valence-corrected chi connectivity index (χ4v) is 1.84. The van der Waals surface area contributed by atoms with Gasteiger partial charge < -0.3 is 19.5 Å². The van der Waals surface area contributed by atoms with E-state index in [1.807, 2.05) is 0 Å². The number of hydrogen-bond donors (Lipinski definition) is 1. The molecule has 0 spiro atoms. The van der Waals surface area contributed by atoms with Gasteiger partial charge in [-0.05, 0) is 12.1 Å². The molecule has 0 unspecified atom stereocenters. The van der Waals surface area contributed by atoms with E-state index in [1.54, 1.807) is 36.5 Å². The fourth-order valence-electron chi connectivity index (χ4n) is 1.84. The second kappa shape index (κ2) is 6.60. The molecule has 1 N–H and O–H groups in total. The summed E-state index contributed by atoms with van der Waals surface area (Å²) < 4.78 is 15.6. The molecule has 6 nitrogen and oxygen atoms in total. The molecule has 0 aliphatic carbocycles. The number of nitrogens with zero attached hydrogens (tertiary/aromatic N) is 1. The number of hydrogen-bond acceptors (Lipinski definition) is 5. The summed E-state index contributed by atoms with van der Waals surface area (Å²) in [4.78, 5) is 16.5. The molecule has 110 valence electrons. The third kappa shape index (κ3) is 3.22. The van der Waals surface area contributed by atoms with E-state index in [2.05, 4.69) is 10.3 Å². The number of benzene rings is 1. The summed E-state index contributed by atoms with van der Waals surface area (Å²) in [7, 11) is 4.49. The highest BCUT2D eigenvalue weighted by Crippen LogP contribution is 2.34. The largest absolute Gasteiger partial charge is 0.496 e. The van der Waals surface area contributed by atoms with Crippen molar-refractivity contribution in [3.05, 3.63) is 42.1 Å². The van der Waals surface area contributed by atoms with Crippen LogP contribution in [0.2, 0.25) is 0 Å². The SMILES string of the molecule is COc1cc(OC)c(C(=O)Nc2ccccn2)c(OC)c1. The van der Waals surface area contributed by atoms with Crippen molar-refractivity contribution in [2.45, 2.75) is 0 Å². The van der Waals surface area contributed by atoms with Crippen LogP contribution in [0.4, 0.5) is 5.82 Å². The van der Waals surface area contributed by atoms with Gasteiger partial charge in [-0.3, -0.25) is 4.79 Å². The molecule has 1 aromatic carbocycles. The number of carbonyl (C=O) groups excluding carboxylic acids is 1. The van der Waals surface area contributed by atoms with Gasteiger partial charge >= 0.3 is 0 Å². The third-order valence-corrected chi connectivity index (χ3v) is 2.85. The van der Waals surface area contributed by atoms with Crippen molar-refractivity contribution in [2.75, 3.05) is 26.6 Å². The molecular formula is C15H16N2O4. The lowest BCUT2D eigenvalue weighted by Gasteiger charge is -2.14. The Kier molecular flexibility index (Phi) is 4.61. The van der Waals surface area contributed by atoms with Crippen LogP contribution in [0, 0.1) is 0 Å². The van der Waals surface area contributed by atoms with Crippen LogP contribution in [0.15, 0.2) is 36.5 Å². The number of pyridine rings is 1. The number of amides is 1. The van der Waals surface area contributed by atoms with Crippen molar-refractivity contribution in [2.24, 2.45) is 0 Å². The van der Waals surface area contributed by atoms with Gasteiger partial charge in [0.1, 0.15) is 28.6 Å². The summed E-state index contributed by atoms with van der Waals surface area (Å²) in [5.74, 6) is 1.34. The molecule has 0 aliphatic rings. The molecule has 2 aromatic rings. The minimum atomic E-state index is -0.370. The van der Waals surface area contributed by atoms with Gasteiger partial charge in [0.2, 0.25) is 0 Å². The van der Waals surface area contributed by atoms with Gasteiger partial charge in [0, 0.05) is 18.3 Å². The van der Waals surface area contributed by atoms with Gasteiger partial charge in [-0.15, -0.1) is 0 Å². The summed E-state index contributed by atoms with van der Waals surface area (Å²) in [5.41, 5.74) is 0.284. The van der Waals surface area contributed by atoms with Crippen molar-refractivity contribution < 1.29 is 19.0 Å². The molecule has 2 rings (SSSR count). The van der Waals surface area contributed by atoms with Gasteiger partial charge in [0.25, 0.3) is 5.91 Å². The lowest BCUT2D eigenvalue weighted by molar-refractivity contribution is 0.102. The van der Waals surface area contributed by atoms with E-state index in [0.29, 0.717) is 23.1 Å².